The van der Waals surface area contributed by atoms with Gasteiger partial charge < -0.3 is 10.6 Å². The second-order valence-corrected chi connectivity index (χ2v) is 7.31. The average Bonchev–Trinajstić information content (AvgIpc) is 2.12. The predicted molar refractivity (Wildman–Crippen MR) is 78.2 cm³/mol. The molecule has 0 aliphatic rings. The number of hydrogen-bond acceptors (Lipinski definition) is 2. The maximum absolute atomic E-state index is 5.93. The largest absolute Gasteiger partial charge is 0.330 e. The van der Waals surface area contributed by atoms with Crippen LogP contribution in [0.4, 0.5) is 0 Å². The van der Waals surface area contributed by atoms with Crippen LogP contribution in [0.15, 0.2) is 0 Å². The Bertz CT molecular complexity index is 192. The lowest BCUT2D eigenvalue weighted by Gasteiger charge is -2.34. The highest BCUT2D eigenvalue weighted by Gasteiger charge is 2.21. The van der Waals surface area contributed by atoms with Crippen molar-refractivity contribution in [2.45, 2.75) is 60.9 Å². The molecule has 2 heteroatoms. The van der Waals surface area contributed by atoms with E-state index in [1.165, 1.54) is 13.0 Å². The highest BCUT2D eigenvalue weighted by molar-refractivity contribution is 4.75. The molecular formula is C15H34N2. The van der Waals surface area contributed by atoms with Gasteiger partial charge in [0.25, 0.3) is 0 Å². The van der Waals surface area contributed by atoms with Crippen LogP contribution >= 0.6 is 0 Å². The minimum atomic E-state index is 0.379. The summed E-state index contributed by atoms with van der Waals surface area (Å²) in [6.45, 7) is 19.2. The highest BCUT2D eigenvalue weighted by atomic mass is 15.1. The van der Waals surface area contributed by atoms with Crippen LogP contribution in [0.3, 0.4) is 0 Å². The maximum Gasteiger partial charge on any atom is 0.00388 e. The Kier molecular flexibility index (Phi) is 7.34. The third-order valence-corrected chi connectivity index (χ3v) is 3.06. The van der Waals surface area contributed by atoms with Gasteiger partial charge in [0.15, 0.2) is 0 Å². The van der Waals surface area contributed by atoms with Gasteiger partial charge >= 0.3 is 0 Å². The van der Waals surface area contributed by atoms with E-state index < -0.39 is 0 Å². The molecule has 0 radical (unpaired) electrons. The molecule has 17 heavy (non-hydrogen) atoms. The summed E-state index contributed by atoms with van der Waals surface area (Å²) in [6, 6.07) is 0.617. The Balaban J connectivity index is 4.38. The first-order chi connectivity index (χ1) is 7.65. The van der Waals surface area contributed by atoms with Crippen molar-refractivity contribution < 1.29 is 0 Å². The molecule has 2 N–H and O–H groups in total. The molecule has 0 rings (SSSR count). The zero-order chi connectivity index (χ0) is 13.6. The van der Waals surface area contributed by atoms with Gasteiger partial charge in [0, 0.05) is 19.1 Å². The molecule has 0 aliphatic carbocycles. The molecule has 0 aromatic heterocycles. The lowest BCUT2D eigenvalue weighted by Crippen LogP contribution is -2.40. The summed E-state index contributed by atoms with van der Waals surface area (Å²) < 4.78 is 0. The zero-order valence-corrected chi connectivity index (χ0v) is 13.1. The summed E-state index contributed by atoms with van der Waals surface area (Å²) in [5, 5.41) is 0. The Morgan fingerprint density at radius 3 is 1.82 bits per heavy atom. The van der Waals surface area contributed by atoms with Crippen LogP contribution in [0, 0.1) is 17.3 Å². The van der Waals surface area contributed by atoms with E-state index in [-0.39, 0.29) is 0 Å². The predicted octanol–water partition coefficient (Wildman–Crippen LogP) is 3.36. The second kappa shape index (κ2) is 7.38. The topological polar surface area (TPSA) is 29.3 Å². The van der Waals surface area contributed by atoms with E-state index in [9.17, 15) is 0 Å². The fraction of sp³-hybridized carbons (Fsp3) is 1.00. The summed E-state index contributed by atoms with van der Waals surface area (Å²) in [6.07, 6.45) is 1.21. The van der Waals surface area contributed by atoms with Crippen molar-refractivity contribution in [3.05, 3.63) is 0 Å². The van der Waals surface area contributed by atoms with E-state index in [1.54, 1.807) is 0 Å². The smallest absolute Gasteiger partial charge is 0.00388 e. The van der Waals surface area contributed by atoms with E-state index in [0.29, 0.717) is 17.4 Å². The summed E-state index contributed by atoms with van der Waals surface area (Å²) >= 11 is 0. The van der Waals surface area contributed by atoms with Gasteiger partial charge in [-0.05, 0) is 44.1 Å². The van der Waals surface area contributed by atoms with Gasteiger partial charge in [-0.3, -0.25) is 0 Å². The molecule has 104 valence electrons. The monoisotopic (exact) mass is 242 g/mol. The molecule has 1 unspecified atom stereocenters. The zero-order valence-electron chi connectivity index (χ0n) is 13.1. The van der Waals surface area contributed by atoms with Gasteiger partial charge in [-0.2, -0.15) is 0 Å². The van der Waals surface area contributed by atoms with Crippen LogP contribution < -0.4 is 5.73 Å². The molecule has 0 saturated heterocycles. The first-order valence-electron chi connectivity index (χ1n) is 7.09. The third kappa shape index (κ3) is 8.62. The van der Waals surface area contributed by atoms with Gasteiger partial charge in [0.05, 0.1) is 0 Å². The SMILES string of the molecule is CC(C)CN(CC(CN)CC(C)(C)C)C(C)C. The van der Waals surface area contributed by atoms with Crippen LogP contribution in [0.1, 0.15) is 54.9 Å². The van der Waals surface area contributed by atoms with E-state index in [2.05, 4.69) is 53.4 Å². The molecule has 0 bridgehead atoms. The Hall–Kier alpha value is -0.0800. The van der Waals surface area contributed by atoms with E-state index in [0.717, 1.165) is 19.0 Å². The molecule has 0 aromatic rings. The van der Waals surface area contributed by atoms with E-state index >= 15 is 0 Å². The molecule has 2 nitrogen and oxygen atoms in total. The number of nitrogens with two attached hydrogens (primary N) is 1. The van der Waals surface area contributed by atoms with Crippen LogP contribution in [0.2, 0.25) is 0 Å². The molecular weight excluding hydrogens is 208 g/mol. The van der Waals surface area contributed by atoms with Gasteiger partial charge in [0.1, 0.15) is 0 Å². The Labute approximate surface area is 109 Å². The summed E-state index contributed by atoms with van der Waals surface area (Å²) in [5.74, 6) is 1.35. The van der Waals surface area contributed by atoms with Crippen LogP contribution in [-0.2, 0) is 0 Å². The molecule has 0 spiro atoms. The first kappa shape index (κ1) is 16.9. The van der Waals surface area contributed by atoms with Crippen molar-refractivity contribution in [3.63, 3.8) is 0 Å². The van der Waals surface area contributed by atoms with Crippen LogP contribution in [-0.4, -0.2) is 30.6 Å². The standard InChI is InChI=1S/C15H34N2/c1-12(2)10-17(13(3)4)11-14(9-16)8-15(5,6)7/h12-14H,8-11,16H2,1-7H3. The van der Waals surface area contributed by atoms with Crippen molar-refractivity contribution in [3.8, 4) is 0 Å². The van der Waals surface area contributed by atoms with Crippen LogP contribution in [0.5, 0.6) is 0 Å². The minimum Gasteiger partial charge on any atom is -0.330 e. The number of rotatable bonds is 7. The second-order valence-electron chi connectivity index (χ2n) is 7.31. The molecule has 0 heterocycles. The Morgan fingerprint density at radius 1 is 1.00 bits per heavy atom. The fourth-order valence-electron chi connectivity index (χ4n) is 2.39. The van der Waals surface area contributed by atoms with Crippen molar-refractivity contribution in [1.29, 1.82) is 0 Å². The van der Waals surface area contributed by atoms with E-state index in [1.807, 2.05) is 0 Å². The first-order valence-corrected chi connectivity index (χ1v) is 7.09. The minimum absolute atomic E-state index is 0.379. The Morgan fingerprint density at radius 2 is 1.53 bits per heavy atom. The molecule has 0 saturated carbocycles. The van der Waals surface area contributed by atoms with Crippen molar-refractivity contribution in [2.24, 2.45) is 23.0 Å². The van der Waals surface area contributed by atoms with Crippen molar-refractivity contribution >= 4 is 0 Å². The number of nitrogens with zero attached hydrogens (tertiary/aromatic N) is 1. The molecule has 0 fully saturated rings. The molecule has 1 atom stereocenters. The maximum atomic E-state index is 5.93. The van der Waals surface area contributed by atoms with Gasteiger partial charge in [0.2, 0.25) is 0 Å². The molecule has 0 amide bonds. The molecule has 0 aliphatic heterocycles. The average molecular weight is 242 g/mol. The third-order valence-electron chi connectivity index (χ3n) is 3.06. The normalized spacial score (nSPS) is 15.0. The van der Waals surface area contributed by atoms with Crippen molar-refractivity contribution in [2.75, 3.05) is 19.6 Å². The summed E-state index contributed by atoms with van der Waals surface area (Å²) in [4.78, 5) is 2.58. The summed E-state index contributed by atoms with van der Waals surface area (Å²) in [5.41, 5.74) is 6.31. The lowest BCUT2D eigenvalue weighted by atomic mass is 9.84. The summed E-state index contributed by atoms with van der Waals surface area (Å²) in [7, 11) is 0. The van der Waals surface area contributed by atoms with E-state index in [4.69, 9.17) is 5.73 Å². The van der Waals surface area contributed by atoms with Gasteiger partial charge in [-0.1, -0.05) is 34.6 Å². The van der Waals surface area contributed by atoms with Crippen LogP contribution in [0.25, 0.3) is 0 Å². The van der Waals surface area contributed by atoms with Crippen molar-refractivity contribution in [1.82, 2.24) is 4.90 Å². The lowest BCUT2D eigenvalue weighted by molar-refractivity contribution is 0.148. The molecule has 0 aromatic carbocycles. The van der Waals surface area contributed by atoms with Gasteiger partial charge in [-0.15, -0.1) is 0 Å². The fourth-order valence-corrected chi connectivity index (χ4v) is 2.39. The number of hydrogen-bond donors (Lipinski definition) is 1. The highest BCUT2D eigenvalue weighted by Crippen LogP contribution is 2.25. The van der Waals surface area contributed by atoms with Gasteiger partial charge in [-0.25, -0.2) is 0 Å². The quantitative estimate of drug-likeness (QED) is 0.742.